The fourth-order valence-corrected chi connectivity index (χ4v) is 2.35. The normalized spacial score (nSPS) is 28.9. The molecule has 2 aromatic rings. The highest BCUT2D eigenvalue weighted by Gasteiger charge is 2.33. The van der Waals surface area contributed by atoms with Crippen molar-refractivity contribution in [3.8, 4) is 0 Å². The van der Waals surface area contributed by atoms with Crippen LogP contribution in [0.1, 0.15) is 31.3 Å². The molecule has 0 fully saturated rings. The molecular weight excluding hydrogens is 270 g/mol. The van der Waals surface area contributed by atoms with Gasteiger partial charge in [0.05, 0.1) is 7.41 Å². The van der Waals surface area contributed by atoms with E-state index >= 15 is 0 Å². The van der Waals surface area contributed by atoms with Crippen molar-refractivity contribution < 1.29 is 6.48 Å². The van der Waals surface area contributed by atoms with Crippen LogP contribution in [0, 0.1) is 0 Å². The summed E-state index contributed by atoms with van der Waals surface area (Å²) in [5.74, 6) is 0.290. The molecule has 0 amide bonds. The van der Waals surface area contributed by atoms with Crippen molar-refractivity contribution in [2.24, 2.45) is 0 Å². The van der Waals surface area contributed by atoms with Gasteiger partial charge in [0.25, 0.3) is 0 Å². The molecule has 2 unspecified atom stereocenters. The summed E-state index contributed by atoms with van der Waals surface area (Å²) in [6.07, 6.45) is -1.39. The van der Waals surface area contributed by atoms with E-state index in [1.54, 1.807) is 4.68 Å². The molecule has 1 aliphatic heterocycles. The summed E-state index contributed by atoms with van der Waals surface area (Å²) >= 11 is 3.17. The first-order chi connectivity index (χ1) is 8.08. The van der Waals surface area contributed by atoms with Crippen molar-refractivity contribution in [1.82, 2.24) is 14.8 Å². The van der Waals surface area contributed by atoms with Crippen LogP contribution in [0.2, 0.25) is 0 Å². The van der Waals surface area contributed by atoms with Gasteiger partial charge in [0.2, 0.25) is 4.73 Å². The number of hydrogen-bond acceptors (Lipinski definition) is 3. The van der Waals surface area contributed by atoms with Gasteiger partial charge in [0.1, 0.15) is 6.08 Å². The second kappa shape index (κ2) is 3.68. The summed E-state index contributed by atoms with van der Waals surface area (Å²) in [7, 11) is 0. The molecule has 0 saturated carbocycles. The fraction of sp³-hybridized carbons (Fsp3) is 0.273. The van der Waals surface area contributed by atoms with Crippen molar-refractivity contribution in [3.63, 3.8) is 0 Å². The zero-order chi connectivity index (χ0) is 12.0. The Kier molecular flexibility index (Phi) is 2.04. The number of fused-ring (bicyclic) bond motifs is 1. The molecule has 0 bridgehead atoms. The number of aromatic nitrogens is 3. The molecule has 4 nitrogen and oxygen atoms in total. The molecule has 0 aliphatic carbocycles. The minimum atomic E-state index is -1.67. The standard InChI is InChI=1S/C11H10BrN3O/c12-11-13-10-9(16)6-8(15(10)14-11)7-4-2-1-3-5-7/h1-5,8-9,16H,6H2/i9D. The molecule has 82 valence electrons. The molecule has 16 heavy (non-hydrogen) atoms. The number of nitrogens with zero attached hydrogens (tertiary/aromatic N) is 3. The van der Waals surface area contributed by atoms with Gasteiger partial charge in [-0.1, -0.05) is 30.3 Å². The summed E-state index contributed by atoms with van der Waals surface area (Å²) in [5, 5.41) is 14.2. The minimum Gasteiger partial charge on any atom is -0.385 e. The van der Waals surface area contributed by atoms with Crippen LogP contribution in [0.5, 0.6) is 0 Å². The Bertz CT molecular complexity index is 555. The molecule has 2 heterocycles. The van der Waals surface area contributed by atoms with Gasteiger partial charge < -0.3 is 5.11 Å². The number of benzene rings is 1. The van der Waals surface area contributed by atoms with Crippen molar-refractivity contribution in [3.05, 3.63) is 46.5 Å². The maximum absolute atomic E-state index is 10.0. The first-order valence-electron chi connectivity index (χ1n) is 5.48. The number of aliphatic hydroxyl groups is 1. The minimum absolute atomic E-state index is 0.132. The number of halogens is 1. The van der Waals surface area contributed by atoms with Crippen LogP contribution in [0.25, 0.3) is 0 Å². The quantitative estimate of drug-likeness (QED) is 0.870. The van der Waals surface area contributed by atoms with Crippen LogP contribution in [0.4, 0.5) is 0 Å². The van der Waals surface area contributed by atoms with E-state index in [0.717, 1.165) is 5.56 Å². The van der Waals surface area contributed by atoms with Gasteiger partial charge >= 0.3 is 0 Å². The second-order valence-electron chi connectivity index (χ2n) is 3.73. The molecule has 0 radical (unpaired) electrons. The third-order valence-electron chi connectivity index (χ3n) is 2.73. The van der Waals surface area contributed by atoms with Gasteiger partial charge in [-0.05, 0) is 21.5 Å². The molecule has 5 heteroatoms. The third-order valence-corrected chi connectivity index (χ3v) is 3.07. The van der Waals surface area contributed by atoms with Crippen LogP contribution in [0.15, 0.2) is 35.1 Å². The molecule has 1 N–H and O–H groups in total. The monoisotopic (exact) mass is 280 g/mol. The molecule has 0 saturated heterocycles. The van der Waals surface area contributed by atoms with E-state index in [1.165, 1.54) is 0 Å². The lowest BCUT2D eigenvalue weighted by molar-refractivity contribution is 0.172. The first kappa shape index (κ1) is 8.90. The van der Waals surface area contributed by atoms with Crippen molar-refractivity contribution >= 4 is 15.9 Å². The predicted octanol–water partition coefficient (Wildman–Crippen LogP) is 2.07. The first-order valence-corrected chi connectivity index (χ1v) is 5.77. The average Bonchev–Trinajstić information content (AvgIpc) is 2.79. The largest absolute Gasteiger partial charge is 0.385 e. The number of hydrogen-bond donors (Lipinski definition) is 1. The van der Waals surface area contributed by atoms with E-state index in [0.29, 0.717) is 10.6 Å². The number of rotatable bonds is 1. The van der Waals surface area contributed by atoms with Crippen LogP contribution in [-0.2, 0) is 0 Å². The van der Waals surface area contributed by atoms with E-state index in [4.69, 9.17) is 1.37 Å². The maximum Gasteiger partial charge on any atom is 0.217 e. The Morgan fingerprint density at radius 2 is 2.19 bits per heavy atom. The highest BCUT2D eigenvalue weighted by molar-refractivity contribution is 9.10. The van der Waals surface area contributed by atoms with Crippen LogP contribution in [-0.4, -0.2) is 19.9 Å². The van der Waals surface area contributed by atoms with Gasteiger partial charge in [-0.2, -0.15) is 0 Å². The van der Waals surface area contributed by atoms with Gasteiger partial charge in [-0.15, -0.1) is 5.10 Å². The summed E-state index contributed by atoms with van der Waals surface area (Å²) in [6.45, 7) is 0. The Hall–Kier alpha value is -1.20. The van der Waals surface area contributed by atoms with E-state index in [-0.39, 0.29) is 12.5 Å². The van der Waals surface area contributed by atoms with E-state index in [1.807, 2.05) is 30.3 Å². The van der Waals surface area contributed by atoms with Crippen LogP contribution < -0.4 is 0 Å². The Balaban J connectivity index is 2.11. The van der Waals surface area contributed by atoms with Gasteiger partial charge in [-0.25, -0.2) is 9.67 Å². The molecule has 3 rings (SSSR count). The lowest BCUT2D eigenvalue weighted by Gasteiger charge is -2.11. The van der Waals surface area contributed by atoms with Crippen LogP contribution in [0.3, 0.4) is 0 Å². The fourth-order valence-electron chi connectivity index (χ4n) is 2.01. The lowest BCUT2D eigenvalue weighted by atomic mass is 10.0. The predicted molar refractivity (Wildman–Crippen MR) is 61.9 cm³/mol. The Morgan fingerprint density at radius 3 is 2.94 bits per heavy atom. The topological polar surface area (TPSA) is 50.9 Å². The Labute approximate surface area is 102 Å². The highest BCUT2D eigenvalue weighted by Crippen LogP contribution is 2.37. The maximum atomic E-state index is 10.0. The summed E-state index contributed by atoms with van der Waals surface area (Å²) < 4.78 is 9.89. The summed E-state index contributed by atoms with van der Waals surface area (Å²) in [4.78, 5) is 4.05. The zero-order valence-electron chi connectivity index (χ0n) is 9.34. The highest BCUT2D eigenvalue weighted by atomic mass is 79.9. The zero-order valence-corrected chi connectivity index (χ0v) is 9.92. The van der Waals surface area contributed by atoms with Crippen molar-refractivity contribution in [2.75, 3.05) is 0 Å². The summed E-state index contributed by atoms with van der Waals surface area (Å²) in [5.41, 5.74) is 1.02. The molecule has 1 aromatic heterocycles. The smallest absolute Gasteiger partial charge is 0.217 e. The van der Waals surface area contributed by atoms with E-state index in [2.05, 4.69) is 26.0 Å². The Morgan fingerprint density at radius 1 is 1.44 bits per heavy atom. The lowest BCUT2D eigenvalue weighted by Crippen LogP contribution is -2.07. The van der Waals surface area contributed by atoms with E-state index < -0.39 is 6.08 Å². The van der Waals surface area contributed by atoms with Gasteiger partial charge in [-0.3, -0.25) is 0 Å². The molecule has 0 spiro atoms. The SMILES string of the molecule is [2H]C1(O)CC(c2ccccc2)n2nc(Br)nc21. The van der Waals surface area contributed by atoms with Gasteiger partial charge in [0, 0.05) is 6.42 Å². The summed E-state index contributed by atoms with van der Waals surface area (Å²) in [6, 6.07) is 9.60. The molecule has 1 aliphatic rings. The van der Waals surface area contributed by atoms with Crippen LogP contribution >= 0.6 is 15.9 Å². The molecule has 2 atom stereocenters. The average molecular weight is 281 g/mol. The third kappa shape index (κ3) is 1.47. The molecular formula is C11H10BrN3O. The second-order valence-corrected chi connectivity index (χ2v) is 4.44. The van der Waals surface area contributed by atoms with Gasteiger partial charge in [0.15, 0.2) is 5.82 Å². The van der Waals surface area contributed by atoms with Crippen molar-refractivity contribution in [2.45, 2.75) is 18.5 Å². The molecule has 1 aromatic carbocycles. The van der Waals surface area contributed by atoms with E-state index in [9.17, 15) is 5.11 Å². The van der Waals surface area contributed by atoms with Crippen molar-refractivity contribution in [1.29, 1.82) is 0 Å².